The molecule has 6 nitrogen and oxygen atoms in total. The Bertz CT molecular complexity index is 1330. The second-order valence-corrected chi connectivity index (χ2v) is 10.7. The molecule has 1 aromatic carbocycles. The predicted octanol–water partition coefficient (Wildman–Crippen LogP) is 5.47. The van der Waals surface area contributed by atoms with Crippen molar-refractivity contribution in [3.05, 3.63) is 86.2 Å². The van der Waals surface area contributed by atoms with Crippen molar-refractivity contribution in [1.29, 1.82) is 0 Å². The second-order valence-electron chi connectivity index (χ2n) is 9.75. The molecule has 0 fully saturated rings. The summed E-state index contributed by atoms with van der Waals surface area (Å²) < 4.78 is 5.93. The van der Waals surface area contributed by atoms with Crippen molar-refractivity contribution in [2.45, 2.75) is 57.4 Å². The molecule has 0 unspecified atom stereocenters. The number of fused-ring (bicyclic) bond motifs is 1. The van der Waals surface area contributed by atoms with Crippen molar-refractivity contribution in [2.75, 3.05) is 5.32 Å². The lowest BCUT2D eigenvalue weighted by Gasteiger charge is -2.37. The number of anilines is 1. The summed E-state index contributed by atoms with van der Waals surface area (Å²) in [5, 5.41) is 3.90. The number of rotatable bonds is 4. The number of aromatic amines is 1. The summed E-state index contributed by atoms with van der Waals surface area (Å²) in [5.74, 6) is 2.04. The number of ketones is 1. The zero-order valence-electron chi connectivity index (χ0n) is 19.2. The molecule has 0 radical (unpaired) electrons. The van der Waals surface area contributed by atoms with E-state index < -0.39 is 5.92 Å². The molecule has 1 aliphatic heterocycles. The van der Waals surface area contributed by atoms with Gasteiger partial charge in [-0.15, -0.1) is 0 Å². The molecule has 1 aliphatic carbocycles. The van der Waals surface area contributed by atoms with Crippen LogP contribution in [0.15, 0.2) is 62.0 Å². The number of H-pyrrole nitrogens is 1. The summed E-state index contributed by atoms with van der Waals surface area (Å²) in [6.45, 7) is 8.10. The van der Waals surface area contributed by atoms with Gasteiger partial charge in [0.05, 0.1) is 11.5 Å². The van der Waals surface area contributed by atoms with Crippen molar-refractivity contribution < 1.29 is 9.21 Å². The van der Waals surface area contributed by atoms with E-state index in [1.807, 2.05) is 19.1 Å². The summed E-state index contributed by atoms with van der Waals surface area (Å²) in [5.41, 5.74) is 3.87. The first-order valence-corrected chi connectivity index (χ1v) is 12.1. The van der Waals surface area contributed by atoms with Crippen LogP contribution >= 0.6 is 11.8 Å². The molecule has 3 aromatic rings. The Morgan fingerprint density at radius 1 is 1.09 bits per heavy atom. The molecule has 1 atom stereocenters. The molecule has 0 saturated carbocycles. The average Bonchev–Trinajstić information content (AvgIpc) is 3.17. The Hall–Kier alpha value is -3.06. The van der Waals surface area contributed by atoms with Crippen LogP contribution in [0.3, 0.4) is 0 Å². The molecule has 0 saturated heterocycles. The van der Waals surface area contributed by atoms with Crippen molar-refractivity contribution in [1.82, 2.24) is 9.97 Å². The van der Waals surface area contributed by atoms with Gasteiger partial charge in [-0.05, 0) is 43.4 Å². The molecule has 2 N–H and O–H groups in total. The van der Waals surface area contributed by atoms with Gasteiger partial charge in [-0.3, -0.25) is 9.59 Å². The third-order valence-electron chi connectivity index (χ3n) is 6.24. The fourth-order valence-electron chi connectivity index (χ4n) is 4.69. The number of Topliss-reactive ketones (excluding diaryl/α,β-unsaturated/α-hetero) is 1. The molecular weight excluding hydrogens is 434 g/mol. The second kappa shape index (κ2) is 8.06. The minimum Gasteiger partial charge on any atom is -0.465 e. The average molecular weight is 462 g/mol. The summed E-state index contributed by atoms with van der Waals surface area (Å²) in [7, 11) is 0. The van der Waals surface area contributed by atoms with E-state index in [0.717, 1.165) is 17.0 Å². The molecule has 2 aliphatic rings. The fraction of sp³-hybridized carbons (Fsp3) is 0.346. The first kappa shape index (κ1) is 21.8. The van der Waals surface area contributed by atoms with Crippen LogP contribution in [0.4, 0.5) is 5.82 Å². The van der Waals surface area contributed by atoms with Gasteiger partial charge in [-0.2, -0.15) is 0 Å². The lowest BCUT2D eigenvalue weighted by atomic mass is 9.70. The Balaban J connectivity index is 1.56. The molecule has 7 heteroatoms. The molecule has 0 spiro atoms. The quantitative estimate of drug-likeness (QED) is 0.396. The molecular formula is C26H27N3O3S. The number of furan rings is 1. The van der Waals surface area contributed by atoms with E-state index in [4.69, 9.17) is 9.40 Å². The van der Waals surface area contributed by atoms with Crippen LogP contribution in [0, 0.1) is 19.3 Å². The van der Waals surface area contributed by atoms with Crippen LogP contribution in [0.25, 0.3) is 0 Å². The Kier molecular flexibility index (Phi) is 5.32. The van der Waals surface area contributed by atoms with Crippen LogP contribution in [0.5, 0.6) is 0 Å². The van der Waals surface area contributed by atoms with Gasteiger partial charge in [0, 0.05) is 23.4 Å². The largest absolute Gasteiger partial charge is 0.465 e. The summed E-state index contributed by atoms with van der Waals surface area (Å²) in [6.07, 6.45) is 1.15. The van der Waals surface area contributed by atoms with Gasteiger partial charge in [-0.25, -0.2) is 4.98 Å². The highest BCUT2D eigenvalue weighted by Crippen LogP contribution is 2.48. The number of thioether (sulfide) groups is 1. The first-order valence-electron chi connectivity index (χ1n) is 11.1. The number of hydrogen-bond donors (Lipinski definition) is 2. The lowest BCUT2D eigenvalue weighted by Crippen LogP contribution is -2.36. The lowest BCUT2D eigenvalue weighted by molar-refractivity contribution is -0.118. The van der Waals surface area contributed by atoms with Crippen molar-refractivity contribution in [3.63, 3.8) is 0 Å². The van der Waals surface area contributed by atoms with Crippen LogP contribution in [0.1, 0.15) is 60.8 Å². The number of nitrogens with one attached hydrogen (secondary N) is 2. The SMILES string of the molecule is Cc1ccc(CSc2nc3c(c(=O)[nH]2)[C@H](c2ccc(C)o2)C2=C(CC(C)(C)CC2=O)N3)cc1. The Labute approximate surface area is 196 Å². The fourth-order valence-corrected chi connectivity index (χ4v) is 5.51. The zero-order valence-corrected chi connectivity index (χ0v) is 20.1. The van der Waals surface area contributed by atoms with Crippen molar-refractivity contribution in [3.8, 4) is 0 Å². The highest BCUT2D eigenvalue weighted by molar-refractivity contribution is 7.98. The summed E-state index contributed by atoms with van der Waals surface area (Å²) >= 11 is 1.48. The molecule has 170 valence electrons. The Morgan fingerprint density at radius 3 is 2.55 bits per heavy atom. The summed E-state index contributed by atoms with van der Waals surface area (Å²) in [6, 6.07) is 12.0. The number of carbonyl (C=O) groups excluding carboxylic acids is 1. The van der Waals surface area contributed by atoms with E-state index in [2.05, 4.69) is 55.3 Å². The minimum absolute atomic E-state index is 0.0516. The zero-order chi connectivity index (χ0) is 23.3. The predicted molar refractivity (Wildman–Crippen MR) is 130 cm³/mol. The number of nitrogens with zero attached hydrogens (tertiary/aromatic N) is 1. The smallest absolute Gasteiger partial charge is 0.257 e. The van der Waals surface area contributed by atoms with Gasteiger partial charge in [-0.1, -0.05) is 55.4 Å². The van der Waals surface area contributed by atoms with E-state index in [1.165, 1.54) is 17.3 Å². The highest BCUT2D eigenvalue weighted by atomic mass is 32.2. The topological polar surface area (TPSA) is 88.0 Å². The van der Waals surface area contributed by atoms with Crippen LogP contribution in [0.2, 0.25) is 0 Å². The number of carbonyl (C=O) groups is 1. The monoisotopic (exact) mass is 461 g/mol. The first-order chi connectivity index (χ1) is 15.7. The van der Waals surface area contributed by atoms with Gasteiger partial charge < -0.3 is 14.7 Å². The van der Waals surface area contributed by atoms with E-state index in [0.29, 0.717) is 46.5 Å². The van der Waals surface area contributed by atoms with Crippen LogP contribution < -0.4 is 10.9 Å². The number of aryl methyl sites for hydroxylation is 2. The number of allylic oxidation sites excluding steroid dienone is 2. The molecule has 2 aromatic heterocycles. The van der Waals surface area contributed by atoms with Crippen LogP contribution in [-0.2, 0) is 10.5 Å². The normalized spacial score (nSPS) is 19.2. The minimum atomic E-state index is -0.555. The number of hydrogen-bond acceptors (Lipinski definition) is 6. The van der Waals surface area contributed by atoms with Crippen molar-refractivity contribution in [2.24, 2.45) is 5.41 Å². The van der Waals surface area contributed by atoms with E-state index in [9.17, 15) is 9.59 Å². The van der Waals surface area contributed by atoms with Crippen LogP contribution in [-0.4, -0.2) is 15.8 Å². The third-order valence-corrected chi connectivity index (χ3v) is 7.19. The number of aromatic nitrogens is 2. The maximum absolute atomic E-state index is 13.3. The molecule has 3 heterocycles. The summed E-state index contributed by atoms with van der Waals surface area (Å²) in [4.78, 5) is 34.2. The molecule has 0 bridgehead atoms. The standard InChI is InChI=1S/C26H27N3O3S/c1-14-5-8-16(9-6-14)13-33-25-28-23-22(24(31)29-25)21(19-10-7-15(2)32-19)20-17(27-23)11-26(3,4)12-18(20)30/h5-10,21H,11-13H2,1-4H3,(H2,27,28,29,31)/t21-/m1/s1. The van der Waals surface area contributed by atoms with Gasteiger partial charge in [0.1, 0.15) is 17.3 Å². The van der Waals surface area contributed by atoms with Gasteiger partial charge in [0.15, 0.2) is 10.9 Å². The van der Waals surface area contributed by atoms with E-state index in [-0.39, 0.29) is 16.8 Å². The van der Waals surface area contributed by atoms with Crippen molar-refractivity contribution >= 4 is 23.4 Å². The maximum Gasteiger partial charge on any atom is 0.257 e. The van der Waals surface area contributed by atoms with Gasteiger partial charge in [0.2, 0.25) is 0 Å². The van der Waals surface area contributed by atoms with E-state index >= 15 is 0 Å². The molecule has 5 rings (SSSR count). The Morgan fingerprint density at radius 2 is 1.85 bits per heavy atom. The van der Waals surface area contributed by atoms with E-state index in [1.54, 1.807) is 0 Å². The maximum atomic E-state index is 13.3. The molecule has 33 heavy (non-hydrogen) atoms. The molecule has 0 amide bonds. The number of benzene rings is 1. The van der Waals surface area contributed by atoms with Gasteiger partial charge in [0.25, 0.3) is 5.56 Å². The van der Waals surface area contributed by atoms with Gasteiger partial charge >= 0.3 is 0 Å². The highest BCUT2D eigenvalue weighted by Gasteiger charge is 2.43. The third kappa shape index (κ3) is 4.17.